The van der Waals surface area contributed by atoms with E-state index in [4.69, 9.17) is 11.6 Å². The fourth-order valence-corrected chi connectivity index (χ4v) is 3.29. The lowest BCUT2D eigenvalue weighted by Crippen LogP contribution is -2.29. The number of rotatable bonds is 3. The molecule has 0 saturated heterocycles. The number of carbonyl (C=O) groups excluding carboxylic acids is 1. The minimum absolute atomic E-state index is 0.145. The Balaban J connectivity index is 1.79. The largest absolute Gasteiger partial charge is 0.324 e. The fourth-order valence-electron chi connectivity index (χ4n) is 3.12. The van der Waals surface area contributed by atoms with Gasteiger partial charge in [-0.05, 0) is 43.7 Å². The standard InChI is InChI=1S/C19H16ClN5O2/c1-11-7-8-13(20)9-14(11)21-17(26)10-24-15-5-3-4-6-16(15)25-12(2)22-23-18(25)19(24)27/h3-9H,10H2,1-2H3,(H,21,26). The third-order valence-electron chi connectivity index (χ3n) is 4.45. The Morgan fingerprint density at radius 2 is 1.85 bits per heavy atom. The van der Waals surface area contributed by atoms with Crippen LogP contribution in [0.1, 0.15) is 11.4 Å². The average Bonchev–Trinajstić information content (AvgIpc) is 3.04. The quantitative estimate of drug-likeness (QED) is 0.591. The number of hydrogen-bond donors (Lipinski definition) is 1. The molecule has 2 aromatic heterocycles. The number of carbonyl (C=O) groups is 1. The molecule has 4 aromatic rings. The van der Waals surface area contributed by atoms with Gasteiger partial charge in [-0.3, -0.25) is 18.6 Å². The number of hydrogen-bond acceptors (Lipinski definition) is 4. The van der Waals surface area contributed by atoms with Crippen LogP contribution in [0, 0.1) is 13.8 Å². The number of anilines is 1. The predicted octanol–water partition coefficient (Wildman–Crippen LogP) is 2.95. The van der Waals surface area contributed by atoms with Gasteiger partial charge in [0.2, 0.25) is 11.6 Å². The van der Waals surface area contributed by atoms with E-state index in [9.17, 15) is 9.59 Å². The minimum Gasteiger partial charge on any atom is -0.324 e. The van der Waals surface area contributed by atoms with Crippen molar-refractivity contribution in [3.63, 3.8) is 0 Å². The summed E-state index contributed by atoms with van der Waals surface area (Å²) in [6.45, 7) is 3.51. The van der Waals surface area contributed by atoms with Crippen LogP contribution in [-0.4, -0.2) is 25.1 Å². The van der Waals surface area contributed by atoms with E-state index in [-0.39, 0.29) is 23.7 Å². The number of aromatic nitrogens is 4. The van der Waals surface area contributed by atoms with Gasteiger partial charge in [0.25, 0.3) is 5.56 Å². The van der Waals surface area contributed by atoms with Crippen molar-refractivity contribution >= 4 is 39.9 Å². The molecule has 1 N–H and O–H groups in total. The monoisotopic (exact) mass is 381 g/mol. The highest BCUT2D eigenvalue weighted by molar-refractivity contribution is 6.31. The van der Waals surface area contributed by atoms with E-state index >= 15 is 0 Å². The molecule has 0 unspecified atom stereocenters. The highest BCUT2D eigenvalue weighted by Gasteiger charge is 2.16. The molecule has 0 aliphatic rings. The summed E-state index contributed by atoms with van der Waals surface area (Å²) < 4.78 is 3.11. The Bertz CT molecular complexity index is 1260. The molecule has 0 atom stereocenters. The van der Waals surface area contributed by atoms with Crippen LogP contribution >= 0.6 is 11.6 Å². The SMILES string of the molecule is Cc1ccc(Cl)cc1NC(=O)Cn1c(=O)c2nnc(C)n2c2ccccc21. The van der Waals surface area contributed by atoms with Crippen molar-refractivity contribution in [1.29, 1.82) is 0 Å². The van der Waals surface area contributed by atoms with E-state index in [1.165, 1.54) is 4.57 Å². The third-order valence-corrected chi connectivity index (χ3v) is 4.69. The molecule has 0 fully saturated rings. The zero-order valence-corrected chi connectivity index (χ0v) is 15.5. The fraction of sp³-hybridized carbons (Fsp3) is 0.158. The number of halogens is 1. The second-order valence-electron chi connectivity index (χ2n) is 6.29. The van der Waals surface area contributed by atoms with Gasteiger partial charge < -0.3 is 5.32 Å². The number of para-hydroxylation sites is 2. The van der Waals surface area contributed by atoms with Crippen LogP contribution in [0.2, 0.25) is 5.02 Å². The zero-order valence-electron chi connectivity index (χ0n) is 14.7. The van der Waals surface area contributed by atoms with Gasteiger partial charge in [-0.25, -0.2) is 0 Å². The third kappa shape index (κ3) is 2.96. The van der Waals surface area contributed by atoms with Gasteiger partial charge in [0.05, 0.1) is 11.0 Å². The first-order valence-electron chi connectivity index (χ1n) is 8.35. The van der Waals surface area contributed by atoms with Gasteiger partial charge in [0.15, 0.2) is 0 Å². The van der Waals surface area contributed by atoms with Crippen molar-refractivity contribution in [2.24, 2.45) is 0 Å². The number of amides is 1. The Labute approximate surface area is 159 Å². The van der Waals surface area contributed by atoms with Crippen LogP contribution in [0.4, 0.5) is 5.69 Å². The topological polar surface area (TPSA) is 81.3 Å². The molecule has 0 saturated carbocycles. The number of benzene rings is 2. The Kier molecular flexibility index (Phi) is 4.16. The Morgan fingerprint density at radius 1 is 1.11 bits per heavy atom. The molecule has 0 bridgehead atoms. The van der Waals surface area contributed by atoms with Crippen LogP contribution in [0.25, 0.3) is 16.7 Å². The number of nitrogens with one attached hydrogen (secondary N) is 1. The molecule has 27 heavy (non-hydrogen) atoms. The number of nitrogens with zero attached hydrogens (tertiary/aromatic N) is 4. The molecular formula is C19H16ClN5O2. The lowest BCUT2D eigenvalue weighted by atomic mass is 10.2. The Hall–Kier alpha value is -3.19. The predicted molar refractivity (Wildman–Crippen MR) is 104 cm³/mol. The van der Waals surface area contributed by atoms with Crippen molar-refractivity contribution < 1.29 is 4.79 Å². The summed E-state index contributed by atoms with van der Waals surface area (Å²) >= 11 is 6.01. The normalized spacial score (nSPS) is 11.2. The van der Waals surface area contributed by atoms with Gasteiger partial charge in [0, 0.05) is 10.7 Å². The van der Waals surface area contributed by atoms with Crippen molar-refractivity contribution in [3.05, 3.63) is 69.2 Å². The summed E-state index contributed by atoms with van der Waals surface area (Å²) in [5, 5.41) is 11.3. The van der Waals surface area contributed by atoms with E-state index < -0.39 is 0 Å². The van der Waals surface area contributed by atoms with Crippen molar-refractivity contribution in [1.82, 2.24) is 19.2 Å². The van der Waals surface area contributed by atoms with Crippen molar-refractivity contribution in [2.75, 3.05) is 5.32 Å². The van der Waals surface area contributed by atoms with Gasteiger partial charge in [-0.15, -0.1) is 10.2 Å². The van der Waals surface area contributed by atoms with Crippen LogP contribution in [-0.2, 0) is 11.3 Å². The molecule has 1 amide bonds. The molecule has 2 aromatic carbocycles. The Morgan fingerprint density at radius 3 is 2.63 bits per heavy atom. The van der Waals surface area contributed by atoms with Gasteiger partial charge in [-0.2, -0.15) is 0 Å². The summed E-state index contributed by atoms with van der Waals surface area (Å²) in [6, 6.07) is 12.6. The van der Waals surface area contributed by atoms with Crippen LogP contribution in [0.3, 0.4) is 0 Å². The molecule has 0 aliphatic carbocycles. The first-order valence-corrected chi connectivity index (χ1v) is 8.73. The average molecular weight is 382 g/mol. The van der Waals surface area contributed by atoms with Crippen LogP contribution in [0.15, 0.2) is 47.3 Å². The van der Waals surface area contributed by atoms with E-state index in [1.54, 1.807) is 29.5 Å². The highest BCUT2D eigenvalue weighted by atomic mass is 35.5. The molecule has 0 spiro atoms. The van der Waals surface area contributed by atoms with E-state index in [0.717, 1.165) is 11.1 Å². The summed E-state index contributed by atoms with van der Waals surface area (Å²) in [5.41, 5.74) is 2.72. The molecule has 0 aliphatic heterocycles. The molecule has 2 heterocycles. The molecule has 0 radical (unpaired) electrons. The van der Waals surface area contributed by atoms with Crippen LogP contribution < -0.4 is 10.9 Å². The molecular weight excluding hydrogens is 366 g/mol. The maximum absolute atomic E-state index is 12.9. The zero-order chi connectivity index (χ0) is 19.1. The second-order valence-corrected chi connectivity index (χ2v) is 6.73. The number of fused-ring (bicyclic) bond motifs is 3. The van der Waals surface area contributed by atoms with E-state index in [0.29, 0.717) is 22.1 Å². The molecule has 136 valence electrons. The van der Waals surface area contributed by atoms with Gasteiger partial charge in [-0.1, -0.05) is 29.8 Å². The number of aryl methyl sites for hydroxylation is 2. The minimum atomic E-state index is -0.368. The van der Waals surface area contributed by atoms with Gasteiger partial charge in [0.1, 0.15) is 12.4 Å². The smallest absolute Gasteiger partial charge is 0.297 e. The summed E-state index contributed by atoms with van der Waals surface area (Å²) in [7, 11) is 0. The molecule has 4 rings (SSSR count). The maximum atomic E-state index is 12.9. The lowest BCUT2D eigenvalue weighted by molar-refractivity contribution is -0.116. The first kappa shape index (κ1) is 17.2. The first-order chi connectivity index (χ1) is 13.0. The summed E-state index contributed by atoms with van der Waals surface area (Å²) in [4.78, 5) is 25.5. The van der Waals surface area contributed by atoms with E-state index in [1.807, 2.05) is 31.2 Å². The van der Waals surface area contributed by atoms with Crippen molar-refractivity contribution in [3.8, 4) is 0 Å². The molecule has 8 heteroatoms. The maximum Gasteiger partial charge on any atom is 0.297 e. The summed E-state index contributed by atoms with van der Waals surface area (Å²) in [5.74, 6) is 0.290. The summed E-state index contributed by atoms with van der Waals surface area (Å²) in [6.07, 6.45) is 0. The molecule has 7 nitrogen and oxygen atoms in total. The van der Waals surface area contributed by atoms with Gasteiger partial charge >= 0.3 is 0 Å². The highest BCUT2D eigenvalue weighted by Crippen LogP contribution is 2.20. The van der Waals surface area contributed by atoms with Crippen LogP contribution in [0.5, 0.6) is 0 Å². The van der Waals surface area contributed by atoms with Crippen molar-refractivity contribution in [2.45, 2.75) is 20.4 Å². The lowest BCUT2D eigenvalue weighted by Gasteiger charge is -2.13. The van der Waals surface area contributed by atoms with E-state index in [2.05, 4.69) is 15.5 Å². The second kappa shape index (κ2) is 6.51.